The van der Waals surface area contributed by atoms with E-state index in [1.165, 1.54) is 225 Å². The fourth-order valence-electron chi connectivity index (χ4n) is 8.71. The molecular formula is C59H113NO8. The molecule has 0 bridgehead atoms. The molecular weight excluding hydrogens is 851 g/mol. The summed E-state index contributed by atoms with van der Waals surface area (Å²) in [6.07, 6.45) is 56.0. The molecule has 0 N–H and O–H groups in total. The Kier molecular flexibility index (Phi) is 49.9. The van der Waals surface area contributed by atoms with Gasteiger partial charge < -0.3 is 33.3 Å². The largest absolute Gasteiger partial charge is 0.545 e. The molecule has 0 fully saturated rings. The summed E-state index contributed by atoms with van der Waals surface area (Å²) in [6, 6.07) is 0. The molecule has 9 heteroatoms. The second kappa shape index (κ2) is 51.4. The molecule has 0 amide bonds. The Morgan fingerprint density at radius 3 is 1.09 bits per heavy atom. The van der Waals surface area contributed by atoms with Crippen LogP contribution >= 0.6 is 0 Å². The molecule has 0 aromatic carbocycles. The van der Waals surface area contributed by atoms with Gasteiger partial charge in [-0.15, -0.1) is 0 Å². The third-order valence-electron chi connectivity index (χ3n) is 13.3. The number of nitrogens with zero attached hydrogens (tertiary/aromatic N) is 1. The van der Waals surface area contributed by atoms with Gasteiger partial charge in [0.05, 0.1) is 40.3 Å². The summed E-state index contributed by atoms with van der Waals surface area (Å²) >= 11 is 0. The fraction of sp³-hybridized carbons (Fsp3) is 0.915. The van der Waals surface area contributed by atoms with Crippen LogP contribution in [0.25, 0.3) is 0 Å². The van der Waals surface area contributed by atoms with Gasteiger partial charge in [-0.1, -0.05) is 251 Å². The number of rotatable bonds is 55. The minimum Gasteiger partial charge on any atom is -0.545 e. The van der Waals surface area contributed by atoms with Gasteiger partial charge in [0, 0.05) is 12.8 Å². The first kappa shape index (κ1) is 66.0. The van der Waals surface area contributed by atoms with Crippen LogP contribution in [-0.2, 0) is 33.3 Å². The van der Waals surface area contributed by atoms with E-state index in [-0.39, 0.29) is 32.2 Å². The molecule has 0 heterocycles. The summed E-state index contributed by atoms with van der Waals surface area (Å²) in [5.41, 5.74) is 0. The molecule has 2 unspecified atom stereocenters. The minimum absolute atomic E-state index is 0.152. The molecule has 0 spiro atoms. The van der Waals surface area contributed by atoms with E-state index in [1.54, 1.807) is 0 Å². The van der Waals surface area contributed by atoms with E-state index in [9.17, 15) is 19.5 Å². The van der Waals surface area contributed by atoms with Crippen molar-refractivity contribution in [3.8, 4) is 0 Å². The highest BCUT2D eigenvalue weighted by molar-refractivity contribution is 5.70. The molecule has 0 saturated heterocycles. The smallest absolute Gasteiger partial charge is 0.306 e. The average molecular weight is 965 g/mol. The van der Waals surface area contributed by atoms with Gasteiger partial charge in [0.25, 0.3) is 0 Å². The quantitative estimate of drug-likeness (QED) is 0.0195. The first-order chi connectivity index (χ1) is 33.1. The van der Waals surface area contributed by atoms with Crippen molar-refractivity contribution in [1.29, 1.82) is 0 Å². The van der Waals surface area contributed by atoms with Crippen LogP contribution in [0.2, 0.25) is 0 Å². The summed E-state index contributed by atoms with van der Waals surface area (Å²) in [6.45, 7) is 4.75. The van der Waals surface area contributed by atoms with Crippen molar-refractivity contribution in [2.75, 3.05) is 47.5 Å². The Morgan fingerprint density at radius 2 is 0.750 bits per heavy atom. The molecule has 68 heavy (non-hydrogen) atoms. The summed E-state index contributed by atoms with van der Waals surface area (Å²) < 4.78 is 22.6. The highest BCUT2D eigenvalue weighted by Gasteiger charge is 2.22. The number of esters is 2. The van der Waals surface area contributed by atoms with Gasteiger partial charge in [0.2, 0.25) is 0 Å². The second-order valence-electron chi connectivity index (χ2n) is 21.3. The molecule has 0 rings (SSSR count). The van der Waals surface area contributed by atoms with Crippen LogP contribution in [0.3, 0.4) is 0 Å². The van der Waals surface area contributed by atoms with E-state index in [2.05, 4.69) is 26.0 Å². The Morgan fingerprint density at radius 1 is 0.426 bits per heavy atom. The average Bonchev–Trinajstić information content (AvgIpc) is 3.30. The van der Waals surface area contributed by atoms with Crippen LogP contribution < -0.4 is 5.11 Å². The molecule has 0 saturated carbocycles. The van der Waals surface area contributed by atoms with Gasteiger partial charge in [0.15, 0.2) is 12.4 Å². The number of unbranched alkanes of at least 4 members (excludes halogenated alkanes) is 38. The van der Waals surface area contributed by atoms with E-state index < -0.39 is 24.3 Å². The van der Waals surface area contributed by atoms with Crippen LogP contribution in [0.5, 0.6) is 0 Å². The van der Waals surface area contributed by atoms with Crippen molar-refractivity contribution >= 4 is 17.9 Å². The fourth-order valence-corrected chi connectivity index (χ4v) is 8.71. The number of quaternary nitrogens is 1. The van der Waals surface area contributed by atoms with Crippen molar-refractivity contribution < 1.29 is 42.9 Å². The van der Waals surface area contributed by atoms with Crippen molar-refractivity contribution in [3.63, 3.8) is 0 Å². The number of aliphatic carboxylic acids is 1. The lowest BCUT2D eigenvalue weighted by Crippen LogP contribution is -2.44. The maximum absolute atomic E-state index is 12.8. The second-order valence-corrected chi connectivity index (χ2v) is 21.3. The number of hydrogen-bond acceptors (Lipinski definition) is 8. The summed E-state index contributed by atoms with van der Waals surface area (Å²) in [7, 11) is 5.92. The van der Waals surface area contributed by atoms with E-state index >= 15 is 0 Å². The monoisotopic (exact) mass is 964 g/mol. The number of hydrogen-bond donors (Lipinski definition) is 0. The van der Waals surface area contributed by atoms with Crippen molar-refractivity contribution in [2.24, 2.45) is 0 Å². The minimum atomic E-state index is -1.61. The van der Waals surface area contributed by atoms with Gasteiger partial charge in [-0.25, -0.2) is 0 Å². The zero-order valence-electron chi connectivity index (χ0n) is 45.8. The van der Waals surface area contributed by atoms with Crippen LogP contribution in [0.15, 0.2) is 12.2 Å². The Bertz CT molecular complexity index is 1120. The van der Waals surface area contributed by atoms with E-state index in [1.807, 2.05) is 21.1 Å². The lowest BCUT2D eigenvalue weighted by molar-refractivity contribution is -0.870. The summed E-state index contributed by atoms with van der Waals surface area (Å²) in [4.78, 5) is 37.0. The third kappa shape index (κ3) is 51.9. The van der Waals surface area contributed by atoms with E-state index in [0.717, 1.165) is 38.5 Å². The predicted octanol–water partition coefficient (Wildman–Crippen LogP) is 15.6. The van der Waals surface area contributed by atoms with Crippen molar-refractivity contribution in [2.45, 2.75) is 302 Å². The Labute approximate surface area is 421 Å². The number of carboxylic acids is 1. The van der Waals surface area contributed by atoms with Crippen molar-refractivity contribution in [3.05, 3.63) is 12.2 Å². The third-order valence-corrected chi connectivity index (χ3v) is 13.3. The Balaban J connectivity index is 3.88. The molecule has 2 atom stereocenters. The van der Waals surface area contributed by atoms with Gasteiger partial charge in [-0.05, 0) is 38.5 Å². The zero-order valence-corrected chi connectivity index (χ0v) is 45.8. The van der Waals surface area contributed by atoms with Crippen LogP contribution in [-0.4, -0.2) is 82.3 Å². The van der Waals surface area contributed by atoms with Gasteiger partial charge in [-0.3, -0.25) is 9.59 Å². The van der Waals surface area contributed by atoms with Gasteiger partial charge in [-0.2, -0.15) is 0 Å². The molecule has 0 radical (unpaired) electrons. The predicted molar refractivity (Wildman–Crippen MR) is 283 cm³/mol. The highest BCUT2D eigenvalue weighted by atomic mass is 16.7. The first-order valence-electron chi connectivity index (χ1n) is 29.3. The summed E-state index contributed by atoms with van der Waals surface area (Å²) in [5, 5.41) is 11.7. The maximum atomic E-state index is 12.8. The number of allylic oxidation sites excluding steroid dienone is 2. The summed E-state index contributed by atoms with van der Waals surface area (Å²) in [5.74, 6) is -2.27. The number of carbonyl (C=O) groups excluding carboxylic acids is 3. The standard InChI is InChI=1S/C59H113NO8/c1-6-8-10-12-14-16-17-18-19-20-21-22-23-24-25-26-27-28-29-30-31-32-33-34-35-36-37-38-39-40-41-42-44-46-48-50-57(62)68-55(54-67-59(58(63)64)65-52-51-60(3,4)5)53-66-56(61)49-47-45-43-15-13-11-9-7-2/h20-21,55,59H,6-19,22-54H2,1-5H3/b21-20-. The molecule has 0 aromatic rings. The maximum Gasteiger partial charge on any atom is 0.306 e. The molecule has 0 aliphatic carbocycles. The zero-order chi connectivity index (χ0) is 49.9. The first-order valence-corrected chi connectivity index (χ1v) is 29.3. The lowest BCUT2D eigenvalue weighted by atomic mass is 10.0. The SMILES string of the molecule is CCCCCCCCCC/C=C\CCCCCCCCCCCCCCCCCCCCCCCCCC(=O)OC(COC(=O)CCCCCCCCCC)COC(OCC[N+](C)(C)C)C(=O)[O-]. The number of ether oxygens (including phenoxy) is 4. The molecule has 0 aromatic heterocycles. The molecule has 0 aliphatic heterocycles. The van der Waals surface area contributed by atoms with E-state index in [4.69, 9.17) is 18.9 Å². The van der Waals surface area contributed by atoms with Crippen LogP contribution in [0, 0.1) is 0 Å². The van der Waals surface area contributed by atoms with Crippen LogP contribution in [0.1, 0.15) is 290 Å². The van der Waals surface area contributed by atoms with Gasteiger partial charge in [0.1, 0.15) is 13.2 Å². The molecule has 0 aliphatic rings. The van der Waals surface area contributed by atoms with E-state index in [0.29, 0.717) is 17.4 Å². The lowest BCUT2D eigenvalue weighted by Gasteiger charge is -2.26. The molecule has 9 nitrogen and oxygen atoms in total. The highest BCUT2D eigenvalue weighted by Crippen LogP contribution is 2.17. The number of likely N-dealkylation sites (N-methyl/N-ethyl adjacent to an activating group) is 1. The molecule has 402 valence electrons. The normalized spacial score (nSPS) is 12.8. The number of carbonyl (C=O) groups is 3. The van der Waals surface area contributed by atoms with Crippen LogP contribution in [0.4, 0.5) is 0 Å². The van der Waals surface area contributed by atoms with Gasteiger partial charge >= 0.3 is 11.9 Å². The topological polar surface area (TPSA) is 111 Å². The Hall–Kier alpha value is -1.97. The number of carboxylic acid groups (broad SMARTS) is 1. The van der Waals surface area contributed by atoms with Crippen molar-refractivity contribution in [1.82, 2.24) is 0 Å².